The van der Waals surface area contributed by atoms with Crippen LogP contribution in [0.2, 0.25) is 0 Å². The van der Waals surface area contributed by atoms with Gasteiger partial charge in [-0.25, -0.2) is 0 Å². The van der Waals surface area contributed by atoms with E-state index in [0.29, 0.717) is 0 Å². The maximum Gasteiger partial charge on any atom is 0.249 e. The molecule has 2 amide bonds. The first kappa shape index (κ1) is 15.3. The van der Waals surface area contributed by atoms with E-state index < -0.39 is 5.54 Å². The molecule has 114 valence electrons. The molecule has 1 aliphatic heterocycles. The van der Waals surface area contributed by atoms with Crippen LogP contribution in [0.3, 0.4) is 0 Å². The van der Waals surface area contributed by atoms with Crippen molar-refractivity contribution >= 4 is 11.8 Å². The lowest BCUT2D eigenvalue weighted by molar-refractivity contribution is -0.153. The average Bonchev–Trinajstić information content (AvgIpc) is 2.41. The minimum atomic E-state index is -0.597. The minimum absolute atomic E-state index is 0.00297. The highest BCUT2D eigenvalue weighted by atomic mass is 16.2. The Morgan fingerprint density at radius 1 is 1.25 bits per heavy atom. The monoisotopic (exact) mass is 281 g/mol. The van der Waals surface area contributed by atoms with Gasteiger partial charge in [0.1, 0.15) is 5.54 Å². The van der Waals surface area contributed by atoms with Crippen LogP contribution < -0.4 is 5.32 Å². The largest absolute Gasteiger partial charge is 0.340 e. The maximum atomic E-state index is 12.8. The van der Waals surface area contributed by atoms with Gasteiger partial charge in [-0.1, -0.05) is 19.3 Å². The summed E-state index contributed by atoms with van der Waals surface area (Å²) in [5.41, 5.74) is -0.597. The van der Waals surface area contributed by atoms with Crippen LogP contribution in [0.1, 0.15) is 45.4 Å². The Kier molecular flexibility index (Phi) is 4.68. The minimum Gasteiger partial charge on any atom is -0.340 e. The van der Waals surface area contributed by atoms with Gasteiger partial charge in [-0.15, -0.1) is 0 Å². The van der Waals surface area contributed by atoms with Crippen molar-refractivity contribution in [1.29, 1.82) is 0 Å². The van der Waals surface area contributed by atoms with E-state index in [-0.39, 0.29) is 24.4 Å². The summed E-state index contributed by atoms with van der Waals surface area (Å²) in [6.07, 6.45) is 5.74. The summed E-state index contributed by atoms with van der Waals surface area (Å²) in [6, 6.07) is 0.120. The molecule has 1 spiro atoms. The van der Waals surface area contributed by atoms with Gasteiger partial charge in [0, 0.05) is 6.04 Å². The van der Waals surface area contributed by atoms with Gasteiger partial charge >= 0.3 is 0 Å². The van der Waals surface area contributed by atoms with Crippen LogP contribution in [0.4, 0.5) is 0 Å². The summed E-state index contributed by atoms with van der Waals surface area (Å²) in [7, 11) is 4.06. The number of amides is 2. The second-order valence-corrected chi connectivity index (χ2v) is 6.56. The molecule has 2 fully saturated rings. The molecule has 1 atom stereocenters. The van der Waals surface area contributed by atoms with E-state index in [9.17, 15) is 9.59 Å². The van der Waals surface area contributed by atoms with Gasteiger partial charge in [0.05, 0.1) is 6.54 Å². The fraction of sp³-hybridized carbons (Fsp3) is 0.867. The molecule has 0 bridgehead atoms. The summed E-state index contributed by atoms with van der Waals surface area (Å²) in [4.78, 5) is 28.8. The third-order valence-corrected chi connectivity index (χ3v) is 4.60. The molecule has 0 aromatic heterocycles. The number of hydrogen-bond donors (Lipinski definition) is 1. The van der Waals surface area contributed by atoms with Gasteiger partial charge in [0.25, 0.3) is 0 Å². The molecule has 1 heterocycles. The van der Waals surface area contributed by atoms with E-state index in [1.807, 2.05) is 14.1 Å². The molecule has 5 heteroatoms. The third kappa shape index (κ3) is 3.14. The molecule has 1 unspecified atom stereocenters. The Morgan fingerprint density at radius 2 is 1.90 bits per heavy atom. The molecule has 2 aliphatic rings. The quantitative estimate of drug-likeness (QED) is 0.836. The maximum absolute atomic E-state index is 12.8. The van der Waals surface area contributed by atoms with Crippen molar-refractivity contribution in [2.75, 3.05) is 27.2 Å². The summed E-state index contributed by atoms with van der Waals surface area (Å²) in [6.45, 7) is 3.20. The van der Waals surface area contributed by atoms with Crippen molar-refractivity contribution in [3.05, 3.63) is 0 Å². The Labute approximate surface area is 121 Å². The van der Waals surface area contributed by atoms with Crippen molar-refractivity contribution in [3.63, 3.8) is 0 Å². The first-order valence-corrected chi connectivity index (χ1v) is 7.71. The summed E-state index contributed by atoms with van der Waals surface area (Å²) < 4.78 is 0. The van der Waals surface area contributed by atoms with Gasteiger partial charge in [0.2, 0.25) is 11.8 Å². The number of nitrogens with zero attached hydrogens (tertiary/aromatic N) is 2. The highest BCUT2D eigenvalue weighted by Crippen LogP contribution is 2.32. The Bertz CT molecular complexity index is 375. The molecule has 1 N–H and O–H groups in total. The van der Waals surface area contributed by atoms with Crippen molar-refractivity contribution in [2.24, 2.45) is 0 Å². The van der Waals surface area contributed by atoms with E-state index in [2.05, 4.69) is 17.1 Å². The van der Waals surface area contributed by atoms with Crippen molar-refractivity contribution in [2.45, 2.75) is 57.0 Å². The van der Waals surface area contributed by atoms with Gasteiger partial charge < -0.3 is 15.1 Å². The van der Waals surface area contributed by atoms with Crippen LogP contribution in [0, 0.1) is 0 Å². The van der Waals surface area contributed by atoms with Crippen molar-refractivity contribution in [3.8, 4) is 0 Å². The van der Waals surface area contributed by atoms with Crippen LogP contribution in [-0.4, -0.2) is 60.4 Å². The fourth-order valence-electron chi connectivity index (χ4n) is 3.31. The summed E-state index contributed by atoms with van der Waals surface area (Å²) in [5.74, 6) is 0.145. The topological polar surface area (TPSA) is 52.6 Å². The molecule has 1 saturated carbocycles. The fourth-order valence-corrected chi connectivity index (χ4v) is 3.31. The number of rotatable bonds is 4. The molecule has 0 aromatic carbocycles. The molecule has 0 aromatic rings. The Balaban J connectivity index is 2.08. The lowest BCUT2D eigenvalue weighted by Crippen LogP contribution is -2.68. The normalized spacial score (nSPS) is 24.1. The number of piperazine rings is 1. The van der Waals surface area contributed by atoms with Gasteiger partial charge in [0.15, 0.2) is 0 Å². The van der Waals surface area contributed by atoms with Crippen molar-refractivity contribution < 1.29 is 9.59 Å². The standard InChI is InChI=1S/C15H27N3O2/c1-12(7-10-17(2)3)18-11-13(19)16-15(14(18)20)8-5-4-6-9-15/h12H,4-11H2,1-3H3,(H,16,19). The number of nitrogens with one attached hydrogen (secondary N) is 1. The van der Waals surface area contributed by atoms with Gasteiger partial charge in [-0.3, -0.25) is 9.59 Å². The van der Waals surface area contributed by atoms with Crippen LogP contribution in [-0.2, 0) is 9.59 Å². The predicted molar refractivity (Wildman–Crippen MR) is 78.3 cm³/mol. The summed E-state index contributed by atoms with van der Waals surface area (Å²) >= 11 is 0. The predicted octanol–water partition coefficient (Wildman–Crippen LogP) is 0.988. The van der Waals surface area contributed by atoms with Crippen LogP contribution >= 0.6 is 0 Å². The lowest BCUT2D eigenvalue weighted by atomic mass is 9.79. The first-order valence-electron chi connectivity index (χ1n) is 7.71. The average molecular weight is 281 g/mol. The molecule has 1 saturated heterocycles. The van der Waals surface area contributed by atoms with E-state index in [1.54, 1.807) is 4.90 Å². The molecule has 20 heavy (non-hydrogen) atoms. The van der Waals surface area contributed by atoms with Crippen molar-refractivity contribution in [1.82, 2.24) is 15.1 Å². The number of carbonyl (C=O) groups excluding carboxylic acids is 2. The van der Waals surface area contributed by atoms with Crippen LogP contribution in [0.25, 0.3) is 0 Å². The second kappa shape index (κ2) is 6.12. The van der Waals surface area contributed by atoms with Crippen LogP contribution in [0.5, 0.6) is 0 Å². The van der Waals surface area contributed by atoms with Gasteiger partial charge in [-0.05, 0) is 46.8 Å². The van der Waals surface area contributed by atoms with Gasteiger partial charge in [-0.2, -0.15) is 0 Å². The van der Waals surface area contributed by atoms with E-state index >= 15 is 0 Å². The third-order valence-electron chi connectivity index (χ3n) is 4.60. The first-order chi connectivity index (χ1) is 9.44. The van der Waals surface area contributed by atoms with E-state index in [0.717, 1.165) is 38.6 Å². The zero-order valence-corrected chi connectivity index (χ0v) is 12.9. The zero-order chi connectivity index (χ0) is 14.8. The zero-order valence-electron chi connectivity index (χ0n) is 12.9. The lowest BCUT2D eigenvalue weighted by Gasteiger charge is -2.46. The molecular weight excluding hydrogens is 254 g/mol. The summed E-state index contributed by atoms with van der Waals surface area (Å²) in [5, 5.41) is 2.99. The Hall–Kier alpha value is -1.10. The second-order valence-electron chi connectivity index (χ2n) is 6.56. The van der Waals surface area contributed by atoms with Crippen LogP contribution in [0.15, 0.2) is 0 Å². The molecular formula is C15H27N3O2. The highest BCUT2D eigenvalue weighted by Gasteiger charge is 2.47. The molecule has 1 aliphatic carbocycles. The van der Waals surface area contributed by atoms with E-state index in [4.69, 9.17) is 0 Å². The smallest absolute Gasteiger partial charge is 0.249 e. The number of carbonyl (C=O) groups is 2. The molecule has 0 radical (unpaired) electrons. The SMILES string of the molecule is CC(CCN(C)C)N1CC(=O)NC2(CCCCC2)C1=O. The molecule has 5 nitrogen and oxygen atoms in total. The Morgan fingerprint density at radius 3 is 2.50 bits per heavy atom. The van der Waals surface area contributed by atoms with E-state index in [1.165, 1.54) is 6.42 Å². The number of hydrogen-bond acceptors (Lipinski definition) is 3. The highest BCUT2D eigenvalue weighted by molar-refractivity contribution is 5.98. The molecule has 2 rings (SSSR count).